The molecular weight excluding hydrogens is 244 g/mol. The van der Waals surface area contributed by atoms with E-state index in [2.05, 4.69) is 39.4 Å². The predicted octanol–water partition coefficient (Wildman–Crippen LogP) is 0.958. The Morgan fingerprint density at radius 3 is 2.95 bits per heavy atom. The van der Waals surface area contributed by atoms with Crippen molar-refractivity contribution in [2.45, 2.75) is 40.3 Å². The maximum Gasteiger partial charge on any atom is 0.223 e. The number of hydrogen-bond acceptors (Lipinski definition) is 6. The summed E-state index contributed by atoms with van der Waals surface area (Å²) in [7, 11) is 0. The summed E-state index contributed by atoms with van der Waals surface area (Å²) in [4.78, 5) is 8.41. The number of nitrogens with one attached hydrogen (secondary N) is 1. The molecule has 0 radical (unpaired) electrons. The molecule has 0 aliphatic rings. The molecule has 19 heavy (non-hydrogen) atoms. The molecule has 1 N–H and O–H groups in total. The highest BCUT2D eigenvalue weighted by Gasteiger charge is 2.06. The zero-order chi connectivity index (χ0) is 13.7. The largest absolute Gasteiger partial charge is 0.340 e. The van der Waals surface area contributed by atoms with Gasteiger partial charge in [0.15, 0.2) is 5.82 Å². The van der Waals surface area contributed by atoms with E-state index in [1.165, 1.54) is 0 Å². The summed E-state index contributed by atoms with van der Waals surface area (Å²) in [5.74, 6) is 2.85. The summed E-state index contributed by atoms with van der Waals surface area (Å²) in [5, 5.41) is 11.4. The molecule has 7 nitrogen and oxygen atoms in total. The second-order valence-electron chi connectivity index (χ2n) is 4.91. The van der Waals surface area contributed by atoms with Crippen LogP contribution in [0.25, 0.3) is 0 Å². The Kier molecular flexibility index (Phi) is 4.62. The molecule has 0 aliphatic heterocycles. The summed E-state index contributed by atoms with van der Waals surface area (Å²) in [5.41, 5.74) is 0. The summed E-state index contributed by atoms with van der Waals surface area (Å²) in [6.07, 6.45) is 2.34. The average Bonchev–Trinajstić information content (AvgIpc) is 2.94. The van der Waals surface area contributed by atoms with E-state index in [1.54, 1.807) is 13.3 Å². The zero-order valence-corrected chi connectivity index (χ0v) is 11.6. The van der Waals surface area contributed by atoms with Gasteiger partial charge in [0.2, 0.25) is 5.89 Å². The van der Waals surface area contributed by atoms with Crippen LogP contribution in [-0.4, -0.2) is 31.4 Å². The molecule has 2 aromatic rings. The van der Waals surface area contributed by atoms with Crippen molar-refractivity contribution in [1.82, 2.24) is 30.2 Å². The molecule has 0 fully saturated rings. The Morgan fingerprint density at radius 1 is 1.42 bits per heavy atom. The van der Waals surface area contributed by atoms with Gasteiger partial charge in [0.25, 0.3) is 0 Å². The van der Waals surface area contributed by atoms with Crippen molar-refractivity contribution in [3.05, 3.63) is 23.9 Å². The van der Waals surface area contributed by atoms with Crippen molar-refractivity contribution in [1.29, 1.82) is 0 Å². The molecule has 2 rings (SSSR count). The van der Waals surface area contributed by atoms with Crippen molar-refractivity contribution in [2.75, 3.05) is 6.54 Å². The van der Waals surface area contributed by atoms with Crippen LogP contribution in [0.3, 0.4) is 0 Å². The highest BCUT2D eigenvalue weighted by molar-refractivity contribution is 4.87. The Labute approximate surface area is 112 Å². The van der Waals surface area contributed by atoms with E-state index >= 15 is 0 Å². The van der Waals surface area contributed by atoms with Crippen LogP contribution in [0.2, 0.25) is 0 Å². The van der Waals surface area contributed by atoms with E-state index in [4.69, 9.17) is 4.52 Å². The summed E-state index contributed by atoms with van der Waals surface area (Å²) in [6.45, 7) is 8.49. The van der Waals surface area contributed by atoms with Crippen LogP contribution in [0, 0.1) is 12.8 Å². The van der Waals surface area contributed by atoms with Crippen LogP contribution in [0.1, 0.15) is 31.4 Å². The Balaban J connectivity index is 1.75. The van der Waals surface area contributed by atoms with E-state index in [0.717, 1.165) is 31.2 Å². The molecule has 7 heteroatoms. The zero-order valence-electron chi connectivity index (χ0n) is 11.6. The number of rotatable bonds is 7. The summed E-state index contributed by atoms with van der Waals surface area (Å²) < 4.78 is 6.86. The average molecular weight is 264 g/mol. The minimum absolute atomic E-state index is 0.558. The van der Waals surface area contributed by atoms with E-state index < -0.39 is 0 Å². The van der Waals surface area contributed by atoms with Crippen molar-refractivity contribution in [2.24, 2.45) is 5.92 Å². The van der Waals surface area contributed by atoms with Gasteiger partial charge in [-0.25, -0.2) is 9.67 Å². The molecule has 0 saturated heterocycles. The maximum atomic E-state index is 4.91. The van der Waals surface area contributed by atoms with Crippen molar-refractivity contribution in [3.63, 3.8) is 0 Å². The topological polar surface area (TPSA) is 81.7 Å². The van der Waals surface area contributed by atoms with Gasteiger partial charge < -0.3 is 9.84 Å². The second kappa shape index (κ2) is 6.42. The van der Waals surface area contributed by atoms with E-state index in [-0.39, 0.29) is 0 Å². The molecule has 0 unspecified atom stereocenters. The molecule has 0 atom stereocenters. The molecule has 0 aliphatic carbocycles. The number of aromatic nitrogens is 5. The first-order valence-corrected chi connectivity index (χ1v) is 6.51. The fourth-order valence-corrected chi connectivity index (χ4v) is 1.77. The van der Waals surface area contributed by atoms with Crippen molar-refractivity contribution < 1.29 is 4.52 Å². The van der Waals surface area contributed by atoms with Gasteiger partial charge >= 0.3 is 0 Å². The lowest BCUT2D eigenvalue weighted by Crippen LogP contribution is -2.21. The van der Waals surface area contributed by atoms with Gasteiger partial charge in [0.1, 0.15) is 12.2 Å². The Hall–Kier alpha value is -1.76. The van der Waals surface area contributed by atoms with Gasteiger partial charge in [-0.05, 0) is 5.92 Å². The van der Waals surface area contributed by atoms with E-state index in [1.807, 2.05) is 4.68 Å². The van der Waals surface area contributed by atoms with Crippen LogP contribution >= 0.6 is 0 Å². The number of aryl methyl sites for hydroxylation is 1. The van der Waals surface area contributed by atoms with Crippen LogP contribution in [0.5, 0.6) is 0 Å². The van der Waals surface area contributed by atoms with Crippen LogP contribution in [-0.2, 0) is 19.5 Å². The first kappa shape index (κ1) is 13.7. The van der Waals surface area contributed by atoms with Gasteiger partial charge in [-0.3, -0.25) is 0 Å². The minimum Gasteiger partial charge on any atom is -0.340 e. The molecule has 0 saturated carbocycles. The number of hydrogen-bond donors (Lipinski definition) is 1. The number of nitrogens with zero attached hydrogens (tertiary/aromatic N) is 5. The molecule has 2 heterocycles. The van der Waals surface area contributed by atoms with E-state index in [9.17, 15) is 0 Å². The Bertz CT molecular complexity index is 504. The van der Waals surface area contributed by atoms with Crippen LogP contribution < -0.4 is 5.32 Å². The third kappa shape index (κ3) is 4.13. The lowest BCUT2D eigenvalue weighted by atomic mass is 10.2. The highest BCUT2D eigenvalue weighted by Crippen LogP contribution is 2.01. The van der Waals surface area contributed by atoms with Crippen molar-refractivity contribution in [3.8, 4) is 0 Å². The van der Waals surface area contributed by atoms with Crippen molar-refractivity contribution >= 4 is 0 Å². The van der Waals surface area contributed by atoms with Gasteiger partial charge in [0.05, 0.1) is 6.54 Å². The predicted molar refractivity (Wildman–Crippen MR) is 69.3 cm³/mol. The standard InChI is InChI=1S/C12H20N6O/c1-9(2)7-18-12(14-8-15-18)6-13-5-4-11-16-10(3)19-17-11/h8-9,13H,4-7H2,1-3H3. The smallest absolute Gasteiger partial charge is 0.223 e. The fourth-order valence-electron chi connectivity index (χ4n) is 1.77. The van der Waals surface area contributed by atoms with Gasteiger partial charge in [-0.2, -0.15) is 10.1 Å². The molecular formula is C12H20N6O. The lowest BCUT2D eigenvalue weighted by Gasteiger charge is -2.08. The maximum absolute atomic E-state index is 4.91. The first-order valence-electron chi connectivity index (χ1n) is 6.51. The second-order valence-corrected chi connectivity index (χ2v) is 4.91. The molecule has 2 aromatic heterocycles. The highest BCUT2D eigenvalue weighted by atomic mass is 16.5. The molecule has 104 valence electrons. The first-order chi connectivity index (χ1) is 9.15. The summed E-state index contributed by atoms with van der Waals surface area (Å²) in [6, 6.07) is 0. The fraction of sp³-hybridized carbons (Fsp3) is 0.667. The third-order valence-corrected chi connectivity index (χ3v) is 2.61. The third-order valence-electron chi connectivity index (χ3n) is 2.61. The Morgan fingerprint density at radius 2 is 2.26 bits per heavy atom. The molecule has 0 aromatic carbocycles. The van der Waals surface area contributed by atoms with Gasteiger partial charge in [0, 0.05) is 26.4 Å². The lowest BCUT2D eigenvalue weighted by molar-refractivity contribution is 0.386. The quantitative estimate of drug-likeness (QED) is 0.750. The van der Waals surface area contributed by atoms with Crippen LogP contribution in [0.4, 0.5) is 0 Å². The SMILES string of the molecule is Cc1nc(CCNCc2ncnn2CC(C)C)no1. The van der Waals surface area contributed by atoms with E-state index in [0.29, 0.717) is 18.4 Å². The minimum atomic E-state index is 0.558. The monoisotopic (exact) mass is 264 g/mol. The van der Waals surface area contributed by atoms with Gasteiger partial charge in [-0.1, -0.05) is 19.0 Å². The molecule has 0 bridgehead atoms. The van der Waals surface area contributed by atoms with Gasteiger partial charge in [-0.15, -0.1) is 0 Å². The molecule has 0 spiro atoms. The molecule has 0 amide bonds. The van der Waals surface area contributed by atoms with Crippen LogP contribution in [0.15, 0.2) is 10.9 Å². The normalized spacial score (nSPS) is 11.4. The summed E-state index contributed by atoms with van der Waals surface area (Å²) >= 11 is 0.